The number of hydrogen-bond donors (Lipinski definition) is 0. The Kier molecular flexibility index (Phi) is 11.0. The van der Waals surface area contributed by atoms with Crippen molar-refractivity contribution in [2.75, 3.05) is 28.8 Å². The van der Waals surface area contributed by atoms with Crippen LogP contribution in [0.1, 0.15) is 11.3 Å². The molecule has 0 unspecified atom stereocenters. The standard InChI is InChI=1S/C55H41N7O.Pt/c1-57-36-54(40-27-29-43(30-28-40)62-52-25-11-9-23-49(52)50-24-10-12-26-53(50)62)59(38-57)44-19-13-21-47(33-44)63-48-22-14-20-45(34-48)60-39-58(2)37-55(60)51-32-31-46(35-56-51)61(41-15-5-3-6-16-41)42-17-7-4-8-18-42;/h3-32,35-39H,1-2H3;/q-4;+4. The number of ether oxygens (including phenoxy) is 1. The van der Waals surface area contributed by atoms with Crippen molar-refractivity contribution in [1.82, 2.24) is 19.4 Å². The van der Waals surface area contributed by atoms with Crippen LogP contribution in [0.25, 0.3) is 38.9 Å². The molecule has 2 aromatic heterocycles. The van der Waals surface area contributed by atoms with Crippen LogP contribution in [-0.4, -0.2) is 33.4 Å². The molecule has 0 aliphatic carbocycles. The van der Waals surface area contributed by atoms with Gasteiger partial charge < -0.3 is 33.8 Å². The van der Waals surface area contributed by atoms with E-state index in [-0.39, 0.29) is 21.1 Å². The topological polar surface area (TPSA) is 43.3 Å². The van der Waals surface area contributed by atoms with Gasteiger partial charge in [0.25, 0.3) is 0 Å². The summed E-state index contributed by atoms with van der Waals surface area (Å²) in [6.45, 7) is 4.09. The zero-order valence-electron chi connectivity index (χ0n) is 35.1. The number of nitrogens with zero attached hydrogens (tertiary/aromatic N) is 7. The van der Waals surface area contributed by atoms with Crippen molar-refractivity contribution in [2.24, 2.45) is 0 Å². The van der Waals surface area contributed by atoms with Gasteiger partial charge >= 0.3 is 21.1 Å². The van der Waals surface area contributed by atoms with E-state index in [0.717, 1.165) is 56.8 Å². The molecule has 8 nitrogen and oxygen atoms in total. The fourth-order valence-electron chi connectivity index (χ4n) is 8.50. The molecule has 9 heteroatoms. The first kappa shape index (κ1) is 40.5. The predicted molar refractivity (Wildman–Crippen MR) is 255 cm³/mol. The first-order valence-electron chi connectivity index (χ1n) is 20.9. The second-order valence-electron chi connectivity index (χ2n) is 15.6. The number of benzene rings is 7. The van der Waals surface area contributed by atoms with E-state index in [4.69, 9.17) is 9.72 Å². The van der Waals surface area contributed by atoms with Crippen LogP contribution in [0.2, 0.25) is 0 Å². The SMILES string of the molecule is CN1C=C(c2ccc(-n3c4ccccc4c4ccccc43)cc2)N(c2[c-]c(Oc3[c-]c(N4[CH-]N(C)C=C4c4ccc(N(c5ccccc5)c5ccccc5)cn4)ccc3)ccc2)[CH-]1.[Pt+4]. The average Bonchev–Trinajstić information content (AvgIpc) is 4.03. The number of hydrogen-bond acceptors (Lipinski definition) is 7. The third kappa shape index (κ3) is 7.67. The molecule has 2 aliphatic rings. The molecule has 312 valence electrons. The molecular weight excluding hydrogens is 970 g/mol. The molecule has 4 heterocycles. The zero-order valence-corrected chi connectivity index (χ0v) is 37.3. The molecule has 11 rings (SSSR count). The third-order valence-electron chi connectivity index (χ3n) is 11.3. The van der Waals surface area contributed by atoms with Gasteiger partial charge in [-0.15, -0.1) is 47.8 Å². The summed E-state index contributed by atoms with van der Waals surface area (Å²) in [5.41, 5.74) is 12.1. The van der Waals surface area contributed by atoms with E-state index in [1.807, 2.05) is 80.4 Å². The van der Waals surface area contributed by atoms with Gasteiger partial charge in [-0.2, -0.15) is 25.5 Å². The maximum Gasteiger partial charge on any atom is 4.00 e. The van der Waals surface area contributed by atoms with E-state index in [0.29, 0.717) is 11.5 Å². The molecule has 0 fully saturated rings. The summed E-state index contributed by atoms with van der Waals surface area (Å²) in [4.78, 5) is 15.5. The third-order valence-corrected chi connectivity index (χ3v) is 11.3. The smallest absolute Gasteiger partial charge is 0.510 e. The van der Waals surface area contributed by atoms with Gasteiger partial charge in [-0.1, -0.05) is 84.9 Å². The summed E-state index contributed by atoms with van der Waals surface area (Å²) in [5.74, 6) is 1.16. The van der Waals surface area contributed by atoms with Gasteiger partial charge in [-0.25, -0.2) is 0 Å². The van der Waals surface area contributed by atoms with Crippen molar-refractivity contribution in [2.45, 2.75) is 0 Å². The quantitative estimate of drug-likeness (QED) is 0.126. The Hall–Kier alpha value is -7.54. The van der Waals surface area contributed by atoms with E-state index in [1.165, 1.54) is 21.8 Å². The fraction of sp³-hybridized carbons (Fsp3) is 0.0364. The van der Waals surface area contributed by atoms with Crippen molar-refractivity contribution in [3.05, 3.63) is 237 Å². The minimum Gasteiger partial charge on any atom is -0.510 e. The first-order chi connectivity index (χ1) is 31.0. The van der Waals surface area contributed by atoms with Crippen LogP contribution in [0, 0.1) is 25.5 Å². The normalized spacial score (nSPS) is 13.6. The van der Waals surface area contributed by atoms with Gasteiger partial charge in [0.05, 0.1) is 34.3 Å². The van der Waals surface area contributed by atoms with Gasteiger partial charge in [-0.05, 0) is 92.7 Å². The van der Waals surface area contributed by atoms with Crippen LogP contribution in [0.4, 0.5) is 28.4 Å². The molecule has 0 spiro atoms. The molecule has 2 aliphatic heterocycles. The summed E-state index contributed by atoms with van der Waals surface area (Å²) in [6, 6.07) is 69.8. The summed E-state index contributed by atoms with van der Waals surface area (Å²) in [6.07, 6.45) is 6.13. The molecule has 0 atom stereocenters. The van der Waals surface area contributed by atoms with Crippen LogP contribution in [0.3, 0.4) is 0 Å². The van der Waals surface area contributed by atoms with Crippen LogP contribution >= 0.6 is 0 Å². The van der Waals surface area contributed by atoms with E-state index in [9.17, 15) is 0 Å². The van der Waals surface area contributed by atoms with Crippen LogP contribution in [0.15, 0.2) is 201 Å². The summed E-state index contributed by atoms with van der Waals surface area (Å²) < 4.78 is 8.82. The molecule has 0 radical (unpaired) electrons. The molecule has 7 aromatic carbocycles. The maximum absolute atomic E-state index is 6.49. The second kappa shape index (κ2) is 17.3. The predicted octanol–water partition coefficient (Wildman–Crippen LogP) is 12.8. The Morgan fingerprint density at radius 2 is 1.02 bits per heavy atom. The average molecular weight is 1010 g/mol. The van der Waals surface area contributed by atoms with Gasteiger partial charge in [0, 0.05) is 45.0 Å². The Labute approximate surface area is 388 Å². The Morgan fingerprint density at radius 1 is 0.500 bits per heavy atom. The minimum absolute atomic E-state index is 0. The monoisotopic (exact) mass is 1010 g/mol. The van der Waals surface area contributed by atoms with Gasteiger partial charge in [0.2, 0.25) is 0 Å². The minimum atomic E-state index is 0. The van der Waals surface area contributed by atoms with Gasteiger partial charge in [0.15, 0.2) is 0 Å². The van der Waals surface area contributed by atoms with Crippen molar-refractivity contribution in [1.29, 1.82) is 0 Å². The van der Waals surface area contributed by atoms with Crippen LogP contribution in [0.5, 0.6) is 11.5 Å². The van der Waals surface area contributed by atoms with Crippen molar-refractivity contribution >= 4 is 61.6 Å². The van der Waals surface area contributed by atoms with Crippen LogP contribution < -0.4 is 19.4 Å². The van der Waals surface area contributed by atoms with Gasteiger partial charge in [0.1, 0.15) is 0 Å². The molecule has 0 saturated carbocycles. The summed E-state index contributed by atoms with van der Waals surface area (Å²) in [5, 5.41) is 2.50. The van der Waals surface area contributed by atoms with Crippen molar-refractivity contribution in [3.63, 3.8) is 0 Å². The molecule has 0 amide bonds. The Balaban J connectivity index is 0.00000484. The number of aromatic nitrogens is 2. The molecule has 0 N–H and O–H groups in total. The summed E-state index contributed by atoms with van der Waals surface area (Å²) in [7, 11) is 4.05. The van der Waals surface area contributed by atoms with E-state index < -0.39 is 0 Å². The second-order valence-corrected chi connectivity index (χ2v) is 15.6. The van der Waals surface area contributed by atoms with Crippen molar-refractivity contribution < 1.29 is 25.8 Å². The Morgan fingerprint density at radius 3 is 1.56 bits per heavy atom. The number of rotatable bonds is 10. The Bertz CT molecular complexity index is 3060. The number of pyridine rings is 1. The molecule has 64 heavy (non-hydrogen) atoms. The molecule has 0 saturated heterocycles. The maximum atomic E-state index is 6.49. The van der Waals surface area contributed by atoms with Crippen molar-refractivity contribution in [3.8, 4) is 17.2 Å². The van der Waals surface area contributed by atoms with Gasteiger partial charge in [-0.3, -0.25) is 4.98 Å². The van der Waals surface area contributed by atoms with E-state index >= 15 is 0 Å². The van der Waals surface area contributed by atoms with Crippen LogP contribution in [-0.2, 0) is 21.1 Å². The van der Waals surface area contributed by atoms with E-state index in [1.54, 1.807) is 0 Å². The largest absolute Gasteiger partial charge is 4.00 e. The number of fused-ring (bicyclic) bond motifs is 3. The number of para-hydroxylation sites is 4. The number of anilines is 5. The van der Waals surface area contributed by atoms with E-state index in [2.05, 4.69) is 189 Å². The molecular formula is C55H41N7OPt. The molecule has 0 bridgehead atoms. The zero-order chi connectivity index (χ0) is 42.3. The molecule has 9 aromatic rings. The summed E-state index contributed by atoms with van der Waals surface area (Å²) >= 11 is 0. The first-order valence-corrected chi connectivity index (χ1v) is 20.9. The fourth-order valence-corrected chi connectivity index (χ4v) is 8.50.